The summed E-state index contributed by atoms with van der Waals surface area (Å²) in [6, 6.07) is 0.456. The predicted octanol–water partition coefficient (Wildman–Crippen LogP) is 1.02. The topological polar surface area (TPSA) is 52.3 Å². The number of carbonyl (C=O) groups is 1. The van der Waals surface area contributed by atoms with Crippen LogP contribution in [0.1, 0.15) is 19.3 Å². The molecular formula is C14H19NO2. The molecule has 0 aromatic rings. The highest BCUT2D eigenvalue weighted by atomic mass is 16.5. The summed E-state index contributed by atoms with van der Waals surface area (Å²) >= 11 is 0. The van der Waals surface area contributed by atoms with E-state index in [-0.39, 0.29) is 11.9 Å². The molecule has 9 unspecified atom stereocenters. The van der Waals surface area contributed by atoms with E-state index in [0.717, 1.165) is 29.6 Å². The van der Waals surface area contributed by atoms with Crippen LogP contribution in [0.3, 0.4) is 0 Å². The first-order valence-electron chi connectivity index (χ1n) is 7.18. The van der Waals surface area contributed by atoms with Gasteiger partial charge < -0.3 is 10.5 Å². The van der Waals surface area contributed by atoms with Crippen LogP contribution in [0.5, 0.6) is 0 Å². The van der Waals surface area contributed by atoms with Gasteiger partial charge in [0.2, 0.25) is 0 Å². The molecule has 3 nitrogen and oxygen atoms in total. The molecule has 4 saturated carbocycles. The Morgan fingerprint density at radius 2 is 1.88 bits per heavy atom. The molecule has 1 saturated heterocycles. The second-order valence-corrected chi connectivity index (χ2v) is 7.10. The van der Waals surface area contributed by atoms with E-state index in [9.17, 15) is 4.79 Å². The monoisotopic (exact) mass is 233 g/mol. The van der Waals surface area contributed by atoms with Gasteiger partial charge in [0.05, 0.1) is 12.5 Å². The lowest BCUT2D eigenvalue weighted by molar-refractivity contribution is -0.143. The highest BCUT2D eigenvalue weighted by Crippen LogP contribution is 2.71. The number of hydrogen-bond acceptors (Lipinski definition) is 3. The quantitative estimate of drug-likeness (QED) is 0.502. The summed E-state index contributed by atoms with van der Waals surface area (Å²) in [5.74, 6) is 5.67. The second-order valence-electron chi connectivity index (χ2n) is 7.10. The molecule has 92 valence electrons. The third kappa shape index (κ3) is 0.874. The number of rotatable bonds is 0. The lowest BCUT2D eigenvalue weighted by Gasteiger charge is -2.40. The number of nitrogens with two attached hydrogens (primary N) is 1. The molecular weight excluding hydrogens is 214 g/mol. The van der Waals surface area contributed by atoms with Crippen LogP contribution in [0.25, 0.3) is 0 Å². The minimum absolute atomic E-state index is 0.119. The van der Waals surface area contributed by atoms with Crippen molar-refractivity contribution in [1.29, 1.82) is 0 Å². The zero-order valence-corrected chi connectivity index (χ0v) is 9.92. The van der Waals surface area contributed by atoms with Crippen LogP contribution in [0.15, 0.2) is 0 Å². The van der Waals surface area contributed by atoms with E-state index >= 15 is 0 Å². The number of esters is 1. The first-order valence-corrected chi connectivity index (χ1v) is 7.18. The maximum atomic E-state index is 11.9. The van der Waals surface area contributed by atoms with E-state index in [1.54, 1.807) is 0 Å². The zero-order valence-electron chi connectivity index (χ0n) is 9.92. The fourth-order valence-electron chi connectivity index (χ4n) is 6.65. The summed E-state index contributed by atoms with van der Waals surface area (Å²) in [4.78, 5) is 11.9. The molecule has 0 aromatic carbocycles. The fraction of sp³-hybridized carbons (Fsp3) is 0.929. The number of fused-ring (bicyclic) bond motifs is 12. The Morgan fingerprint density at radius 1 is 1.00 bits per heavy atom. The summed E-state index contributed by atoms with van der Waals surface area (Å²) in [5, 5.41) is 0. The number of carbonyl (C=O) groups excluding carboxylic acids is 1. The Balaban J connectivity index is 1.57. The molecule has 0 aromatic heterocycles. The lowest BCUT2D eigenvalue weighted by Crippen LogP contribution is -2.44. The van der Waals surface area contributed by atoms with Crippen molar-refractivity contribution in [2.75, 3.05) is 6.61 Å². The van der Waals surface area contributed by atoms with E-state index in [0.29, 0.717) is 24.5 Å². The van der Waals surface area contributed by atoms with Crippen LogP contribution in [0.2, 0.25) is 0 Å². The Bertz CT molecular complexity index is 409. The summed E-state index contributed by atoms with van der Waals surface area (Å²) in [7, 11) is 0. The Kier molecular flexibility index (Phi) is 1.49. The minimum Gasteiger partial charge on any atom is -0.465 e. The molecule has 3 heteroatoms. The summed E-state index contributed by atoms with van der Waals surface area (Å²) < 4.78 is 5.31. The SMILES string of the molecule is NC1CC2CC1C1C3CC(C4C(=O)OCC34)C21. The van der Waals surface area contributed by atoms with Crippen molar-refractivity contribution in [2.45, 2.75) is 25.3 Å². The van der Waals surface area contributed by atoms with Gasteiger partial charge in [-0.3, -0.25) is 4.79 Å². The molecule has 1 heterocycles. The van der Waals surface area contributed by atoms with Crippen molar-refractivity contribution in [3.05, 3.63) is 0 Å². The molecule has 1 aliphatic heterocycles. The molecule has 4 bridgehead atoms. The molecule has 17 heavy (non-hydrogen) atoms. The number of cyclic esters (lactones) is 1. The third-order valence-corrected chi connectivity index (χ3v) is 6.88. The molecule has 0 spiro atoms. The van der Waals surface area contributed by atoms with Crippen molar-refractivity contribution in [1.82, 2.24) is 0 Å². The average Bonchev–Trinajstić information content (AvgIpc) is 2.99. The molecule has 2 N–H and O–H groups in total. The summed E-state index contributed by atoms with van der Waals surface area (Å²) in [5.41, 5.74) is 6.27. The van der Waals surface area contributed by atoms with Crippen LogP contribution in [-0.4, -0.2) is 18.6 Å². The standard InChI is InChI=1S/C14H19NO2/c15-10-2-5-1-7(10)12-6-3-8(11(5)12)13-9(6)4-17-14(13)16/h5-13H,1-4,15H2. The molecule has 0 radical (unpaired) electrons. The van der Waals surface area contributed by atoms with Crippen LogP contribution >= 0.6 is 0 Å². The largest absolute Gasteiger partial charge is 0.465 e. The van der Waals surface area contributed by atoms with Gasteiger partial charge in [0.15, 0.2) is 0 Å². The maximum Gasteiger partial charge on any atom is 0.309 e. The summed E-state index contributed by atoms with van der Waals surface area (Å²) in [6.45, 7) is 0.709. The highest BCUT2D eigenvalue weighted by Gasteiger charge is 2.69. The van der Waals surface area contributed by atoms with E-state index in [1.165, 1.54) is 19.3 Å². The van der Waals surface area contributed by atoms with Gasteiger partial charge in [0.1, 0.15) is 0 Å². The third-order valence-electron chi connectivity index (χ3n) is 6.88. The van der Waals surface area contributed by atoms with Crippen molar-refractivity contribution >= 4 is 5.97 Å². The van der Waals surface area contributed by atoms with Crippen molar-refractivity contribution in [2.24, 2.45) is 53.1 Å². The van der Waals surface area contributed by atoms with Gasteiger partial charge in [-0.1, -0.05) is 0 Å². The predicted molar refractivity (Wildman–Crippen MR) is 60.7 cm³/mol. The van der Waals surface area contributed by atoms with Gasteiger partial charge in [-0.2, -0.15) is 0 Å². The van der Waals surface area contributed by atoms with Gasteiger partial charge in [0.25, 0.3) is 0 Å². The van der Waals surface area contributed by atoms with Crippen molar-refractivity contribution in [3.63, 3.8) is 0 Å². The van der Waals surface area contributed by atoms with E-state index in [2.05, 4.69) is 0 Å². The van der Waals surface area contributed by atoms with Crippen LogP contribution in [0.4, 0.5) is 0 Å². The van der Waals surface area contributed by atoms with Gasteiger partial charge in [-0.05, 0) is 54.8 Å². The van der Waals surface area contributed by atoms with E-state index < -0.39 is 0 Å². The van der Waals surface area contributed by atoms with Gasteiger partial charge in [0, 0.05) is 12.0 Å². The maximum absolute atomic E-state index is 11.9. The molecule has 5 fully saturated rings. The smallest absolute Gasteiger partial charge is 0.309 e. The molecule has 5 aliphatic rings. The normalized spacial score (nSPS) is 66.2. The molecule has 5 rings (SSSR count). The molecule has 0 amide bonds. The lowest BCUT2D eigenvalue weighted by atomic mass is 9.63. The Labute approximate surface area is 101 Å². The van der Waals surface area contributed by atoms with Gasteiger partial charge in [-0.25, -0.2) is 0 Å². The molecule has 9 atom stereocenters. The minimum atomic E-state index is 0.119. The summed E-state index contributed by atoms with van der Waals surface area (Å²) in [6.07, 6.45) is 3.89. The first-order chi connectivity index (χ1) is 8.25. The first kappa shape index (κ1) is 9.37. The van der Waals surface area contributed by atoms with Gasteiger partial charge >= 0.3 is 5.97 Å². The zero-order chi connectivity index (χ0) is 11.3. The van der Waals surface area contributed by atoms with E-state index in [4.69, 9.17) is 10.5 Å². The van der Waals surface area contributed by atoms with Gasteiger partial charge in [-0.15, -0.1) is 0 Å². The van der Waals surface area contributed by atoms with Crippen LogP contribution in [0, 0.1) is 47.3 Å². The van der Waals surface area contributed by atoms with Crippen LogP contribution < -0.4 is 5.73 Å². The fourth-order valence-corrected chi connectivity index (χ4v) is 6.65. The van der Waals surface area contributed by atoms with E-state index in [1.807, 2.05) is 0 Å². The Hall–Kier alpha value is -0.570. The number of hydrogen-bond donors (Lipinski definition) is 1. The molecule has 4 aliphatic carbocycles. The average molecular weight is 233 g/mol. The van der Waals surface area contributed by atoms with Crippen molar-refractivity contribution < 1.29 is 9.53 Å². The number of ether oxygens (including phenoxy) is 1. The van der Waals surface area contributed by atoms with Crippen molar-refractivity contribution in [3.8, 4) is 0 Å². The Morgan fingerprint density at radius 3 is 2.76 bits per heavy atom. The highest BCUT2D eigenvalue weighted by molar-refractivity contribution is 5.76. The second kappa shape index (κ2) is 2.71. The van der Waals surface area contributed by atoms with Crippen LogP contribution in [-0.2, 0) is 9.53 Å².